The van der Waals surface area contributed by atoms with Crippen LogP contribution >= 0.6 is 0 Å². The Morgan fingerprint density at radius 1 is 0.756 bits per heavy atom. The van der Waals surface area contributed by atoms with Crippen LogP contribution in [0.2, 0.25) is 0 Å². The Hall–Kier alpha value is -4.90. The first kappa shape index (κ1) is 29.1. The van der Waals surface area contributed by atoms with Crippen molar-refractivity contribution in [1.29, 1.82) is 0 Å². The Labute approximate surface area is 242 Å². The highest BCUT2D eigenvalue weighted by atomic mass is 16.5. The van der Waals surface area contributed by atoms with Gasteiger partial charge in [0.25, 0.3) is 5.91 Å². The number of hydrogen-bond donors (Lipinski definition) is 1. The number of carbonyl (C=O) groups excluding carboxylic acids is 2. The summed E-state index contributed by atoms with van der Waals surface area (Å²) in [7, 11) is 0. The fourth-order valence-corrected chi connectivity index (χ4v) is 4.06. The second kappa shape index (κ2) is 13.9. The first-order valence-corrected chi connectivity index (χ1v) is 13.6. The number of allylic oxidation sites excluding steroid dienone is 1. The van der Waals surface area contributed by atoms with Crippen LogP contribution in [-0.2, 0) is 4.79 Å². The van der Waals surface area contributed by atoms with Crippen molar-refractivity contribution in [2.24, 2.45) is 0 Å². The third-order valence-corrected chi connectivity index (χ3v) is 6.47. The molecule has 5 nitrogen and oxygen atoms in total. The van der Waals surface area contributed by atoms with E-state index in [1.54, 1.807) is 44.2 Å². The lowest BCUT2D eigenvalue weighted by Crippen LogP contribution is -2.47. The second-order valence-electron chi connectivity index (χ2n) is 10.1. The fraction of sp³-hybridized carbons (Fsp3) is 0.167. The zero-order chi connectivity index (χ0) is 29.1. The molecular weight excluding hydrogens is 510 g/mol. The molecule has 4 aromatic rings. The summed E-state index contributed by atoms with van der Waals surface area (Å²) in [5, 5.41) is 3.00. The van der Waals surface area contributed by atoms with Crippen LogP contribution in [0.4, 0.5) is 0 Å². The van der Waals surface area contributed by atoms with Gasteiger partial charge >= 0.3 is 0 Å². The summed E-state index contributed by atoms with van der Waals surface area (Å²) in [6.07, 6.45) is 7.30. The first-order chi connectivity index (χ1) is 19.8. The van der Waals surface area contributed by atoms with E-state index in [2.05, 4.69) is 5.32 Å². The second-order valence-corrected chi connectivity index (χ2v) is 10.1. The standard InChI is InChI=1S/C36H35NO4/c1-27(30-14-8-5-9-15-30)37-35(39)36(2,3)41-33-23-19-31(20-24-33)34(38)25-18-29-16-21-32(22-17-29)40-26-10-13-28-11-6-4-7-12-28/h4-25,27H,26H2,1-3H3,(H,37,39). The number of rotatable bonds is 12. The van der Waals surface area contributed by atoms with Crippen molar-refractivity contribution in [3.63, 3.8) is 0 Å². The maximum absolute atomic E-state index is 12.9. The minimum absolute atomic E-state index is 0.128. The molecule has 5 heteroatoms. The zero-order valence-electron chi connectivity index (χ0n) is 23.6. The number of hydrogen-bond acceptors (Lipinski definition) is 4. The molecule has 0 radical (unpaired) electrons. The smallest absolute Gasteiger partial charge is 0.264 e. The Balaban J connectivity index is 1.26. The van der Waals surface area contributed by atoms with Crippen LogP contribution in [0.25, 0.3) is 12.2 Å². The topological polar surface area (TPSA) is 64.6 Å². The van der Waals surface area contributed by atoms with Gasteiger partial charge in [0.1, 0.15) is 18.1 Å². The Kier molecular flexibility index (Phi) is 9.89. The number of amides is 1. The van der Waals surface area contributed by atoms with Crippen molar-refractivity contribution in [1.82, 2.24) is 5.32 Å². The van der Waals surface area contributed by atoms with E-state index in [4.69, 9.17) is 9.47 Å². The molecule has 41 heavy (non-hydrogen) atoms. The normalized spacial score (nSPS) is 12.3. The quantitative estimate of drug-likeness (QED) is 0.146. The number of carbonyl (C=O) groups is 2. The van der Waals surface area contributed by atoms with Gasteiger partial charge < -0.3 is 14.8 Å². The average Bonchev–Trinajstić information content (AvgIpc) is 3.00. The Morgan fingerprint density at radius 2 is 1.34 bits per heavy atom. The molecule has 0 spiro atoms. The van der Waals surface area contributed by atoms with Crippen LogP contribution in [0.15, 0.2) is 121 Å². The summed E-state index contributed by atoms with van der Waals surface area (Å²) >= 11 is 0. The van der Waals surface area contributed by atoms with Gasteiger partial charge in [-0.3, -0.25) is 9.59 Å². The van der Waals surface area contributed by atoms with E-state index in [0.717, 1.165) is 22.4 Å². The van der Waals surface area contributed by atoms with Crippen molar-refractivity contribution in [2.75, 3.05) is 6.61 Å². The van der Waals surface area contributed by atoms with Crippen molar-refractivity contribution in [3.05, 3.63) is 144 Å². The van der Waals surface area contributed by atoms with E-state index in [9.17, 15) is 9.59 Å². The molecule has 4 rings (SSSR count). The monoisotopic (exact) mass is 545 g/mol. The lowest BCUT2D eigenvalue weighted by molar-refractivity contribution is -0.134. The number of ether oxygens (including phenoxy) is 2. The highest BCUT2D eigenvalue weighted by molar-refractivity contribution is 6.06. The zero-order valence-corrected chi connectivity index (χ0v) is 23.6. The number of benzene rings is 4. The van der Waals surface area contributed by atoms with Gasteiger partial charge in [-0.1, -0.05) is 84.9 Å². The molecular formula is C36H35NO4. The van der Waals surface area contributed by atoms with Crippen LogP contribution in [0, 0.1) is 0 Å². The first-order valence-electron chi connectivity index (χ1n) is 13.6. The highest BCUT2D eigenvalue weighted by Gasteiger charge is 2.31. The summed E-state index contributed by atoms with van der Waals surface area (Å²) in [4.78, 5) is 25.6. The molecule has 1 amide bonds. The molecule has 0 aromatic heterocycles. The van der Waals surface area contributed by atoms with E-state index in [0.29, 0.717) is 17.9 Å². The summed E-state index contributed by atoms with van der Waals surface area (Å²) < 4.78 is 11.7. The Bertz CT molecular complexity index is 1470. The lowest BCUT2D eigenvalue weighted by atomic mass is 10.0. The summed E-state index contributed by atoms with van der Waals surface area (Å²) in [6.45, 7) is 5.85. The van der Waals surface area contributed by atoms with Gasteiger partial charge in [-0.2, -0.15) is 0 Å². The molecule has 0 fully saturated rings. The molecule has 0 saturated carbocycles. The molecule has 0 aliphatic heterocycles. The Morgan fingerprint density at radius 3 is 2.00 bits per heavy atom. The van der Waals surface area contributed by atoms with Crippen molar-refractivity contribution in [3.8, 4) is 11.5 Å². The third-order valence-electron chi connectivity index (χ3n) is 6.47. The molecule has 1 unspecified atom stereocenters. The van der Waals surface area contributed by atoms with Gasteiger partial charge in [0.15, 0.2) is 11.4 Å². The SMILES string of the molecule is CC(NC(=O)C(C)(C)Oc1ccc(C(=O)C=Cc2ccc(OCC=Cc3ccccc3)cc2)cc1)c1ccccc1. The number of nitrogens with one attached hydrogen (secondary N) is 1. The predicted octanol–water partition coefficient (Wildman–Crippen LogP) is 7.71. The van der Waals surface area contributed by atoms with E-state index in [1.807, 2.05) is 104 Å². The van der Waals surface area contributed by atoms with E-state index >= 15 is 0 Å². The van der Waals surface area contributed by atoms with Crippen LogP contribution in [0.5, 0.6) is 11.5 Å². The maximum atomic E-state index is 12.9. The van der Waals surface area contributed by atoms with Gasteiger partial charge in [-0.05, 0) is 86.0 Å². The molecule has 0 aliphatic carbocycles. The minimum atomic E-state index is -1.09. The van der Waals surface area contributed by atoms with Gasteiger partial charge in [0.2, 0.25) is 0 Å². The summed E-state index contributed by atoms with van der Waals surface area (Å²) in [6, 6.07) is 34.1. The van der Waals surface area contributed by atoms with Gasteiger partial charge in [0.05, 0.1) is 6.04 Å². The number of ketones is 1. The largest absolute Gasteiger partial charge is 0.490 e. The summed E-state index contributed by atoms with van der Waals surface area (Å²) in [5.41, 5.74) is 2.47. The van der Waals surface area contributed by atoms with Crippen LogP contribution < -0.4 is 14.8 Å². The average molecular weight is 546 g/mol. The summed E-state index contributed by atoms with van der Waals surface area (Å²) in [5.74, 6) is 0.911. The lowest BCUT2D eigenvalue weighted by Gasteiger charge is -2.27. The van der Waals surface area contributed by atoms with E-state index < -0.39 is 5.60 Å². The van der Waals surface area contributed by atoms with Crippen LogP contribution in [0.1, 0.15) is 53.9 Å². The fourth-order valence-electron chi connectivity index (χ4n) is 4.06. The highest BCUT2D eigenvalue weighted by Crippen LogP contribution is 2.22. The van der Waals surface area contributed by atoms with Crippen molar-refractivity contribution in [2.45, 2.75) is 32.4 Å². The predicted molar refractivity (Wildman–Crippen MR) is 165 cm³/mol. The van der Waals surface area contributed by atoms with E-state index in [1.165, 1.54) is 6.08 Å². The molecule has 1 N–H and O–H groups in total. The molecule has 4 aromatic carbocycles. The van der Waals surface area contributed by atoms with Crippen molar-refractivity contribution >= 4 is 23.8 Å². The van der Waals surface area contributed by atoms with Gasteiger partial charge in [-0.15, -0.1) is 0 Å². The molecule has 0 saturated heterocycles. The molecule has 0 bridgehead atoms. The van der Waals surface area contributed by atoms with Crippen LogP contribution in [0.3, 0.4) is 0 Å². The van der Waals surface area contributed by atoms with E-state index in [-0.39, 0.29) is 17.7 Å². The molecule has 0 heterocycles. The molecule has 0 aliphatic rings. The van der Waals surface area contributed by atoms with Gasteiger partial charge in [0, 0.05) is 5.56 Å². The van der Waals surface area contributed by atoms with Crippen LogP contribution in [-0.4, -0.2) is 23.9 Å². The van der Waals surface area contributed by atoms with Gasteiger partial charge in [-0.25, -0.2) is 0 Å². The minimum Gasteiger partial charge on any atom is -0.490 e. The molecule has 1 atom stereocenters. The van der Waals surface area contributed by atoms with Crippen molar-refractivity contribution < 1.29 is 19.1 Å². The maximum Gasteiger partial charge on any atom is 0.264 e. The molecule has 208 valence electrons. The third kappa shape index (κ3) is 8.80.